The van der Waals surface area contributed by atoms with Crippen molar-refractivity contribution in [2.45, 2.75) is 0 Å². The average Bonchev–Trinajstić information content (AvgIpc) is 2.84. The predicted octanol–water partition coefficient (Wildman–Crippen LogP) is 3.26. The second kappa shape index (κ2) is 5.31. The van der Waals surface area contributed by atoms with E-state index in [0.29, 0.717) is 16.6 Å². The molecule has 2 aromatic rings. The van der Waals surface area contributed by atoms with Crippen LogP contribution in [0.25, 0.3) is 6.08 Å². The smallest absolute Gasteiger partial charge is 0.275 e. The van der Waals surface area contributed by atoms with Crippen molar-refractivity contribution in [2.75, 3.05) is 0 Å². The van der Waals surface area contributed by atoms with Crippen molar-refractivity contribution in [1.29, 1.82) is 0 Å². The van der Waals surface area contributed by atoms with E-state index in [0.717, 1.165) is 11.1 Å². The minimum Gasteiger partial charge on any atom is -0.305 e. The highest BCUT2D eigenvalue weighted by Crippen LogP contribution is 2.16. The summed E-state index contributed by atoms with van der Waals surface area (Å²) in [5.41, 5.74) is 2.17. The fourth-order valence-electron chi connectivity index (χ4n) is 1.92. The maximum atomic E-state index is 11.9. The van der Waals surface area contributed by atoms with E-state index in [9.17, 15) is 4.79 Å². The SMILES string of the molecule is O=C1NC(c2ccccc2)=N/C1=C/c1ccc(Cl)cc1. The third-order valence-corrected chi connectivity index (χ3v) is 3.17. The van der Waals surface area contributed by atoms with E-state index < -0.39 is 0 Å². The zero-order valence-corrected chi connectivity index (χ0v) is 11.3. The van der Waals surface area contributed by atoms with Gasteiger partial charge in [-0.3, -0.25) is 4.79 Å². The molecule has 0 atom stereocenters. The first-order chi connectivity index (χ1) is 9.72. The summed E-state index contributed by atoms with van der Waals surface area (Å²) in [7, 11) is 0. The van der Waals surface area contributed by atoms with Gasteiger partial charge in [0.15, 0.2) is 0 Å². The molecule has 4 heteroatoms. The van der Waals surface area contributed by atoms with E-state index in [4.69, 9.17) is 11.6 Å². The first kappa shape index (κ1) is 12.6. The van der Waals surface area contributed by atoms with Gasteiger partial charge in [-0.05, 0) is 23.8 Å². The molecule has 3 rings (SSSR count). The molecule has 0 fully saturated rings. The molecule has 2 aromatic carbocycles. The molecular formula is C16H11ClN2O. The number of benzene rings is 2. The summed E-state index contributed by atoms with van der Waals surface area (Å²) in [6.07, 6.45) is 1.74. The van der Waals surface area contributed by atoms with Crippen molar-refractivity contribution < 1.29 is 4.79 Å². The number of nitrogens with zero attached hydrogens (tertiary/aromatic N) is 1. The Kier molecular flexibility index (Phi) is 3.35. The van der Waals surface area contributed by atoms with E-state index in [2.05, 4.69) is 10.3 Å². The van der Waals surface area contributed by atoms with E-state index in [-0.39, 0.29) is 5.91 Å². The molecule has 0 unspecified atom stereocenters. The highest BCUT2D eigenvalue weighted by Gasteiger charge is 2.20. The first-order valence-corrected chi connectivity index (χ1v) is 6.53. The molecule has 1 N–H and O–H groups in total. The van der Waals surface area contributed by atoms with Crippen LogP contribution in [0.2, 0.25) is 5.02 Å². The maximum Gasteiger partial charge on any atom is 0.275 e. The molecule has 0 bridgehead atoms. The second-order valence-electron chi connectivity index (χ2n) is 4.36. The van der Waals surface area contributed by atoms with Crippen LogP contribution in [0.4, 0.5) is 0 Å². The van der Waals surface area contributed by atoms with E-state index >= 15 is 0 Å². The van der Waals surface area contributed by atoms with Crippen molar-refractivity contribution in [2.24, 2.45) is 4.99 Å². The molecule has 0 aromatic heterocycles. The Morgan fingerprint density at radius 1 is 1.00 bits per heavy atom. The van der Waals surface area contributed by atoms with Crippen LogP contribution in [0.5, 0.6) is 0 Å². The monoisotopic (exact) mass is 282 g/mol. The molecule has 0 spiro atoms. The molecule has 0 aliphatic carbocycles. The van der Waals surface area contributed by atoms with Crippen molar-refractivity contribution in [3.63, 3.8) is 0 Å². The van der Waals surface area contributed by atoms with Crippen molar-refractivity contribution in [3.05, 3.63) is 76.4 Å². The third kappa shape index (κ3) is 2.63. The van der Waals surface area contributed by atoms with Crippen LogP contribution in [0.1, 0.15) is 11.1 Å². The number of carbonyl (C=O) groups excluding carboxylic acids is 1. The summed E-state index contributed by atoms with van der Waals surface area (Å²) in [6.45, 7) is 0. The average molecular weight is 283 g/mol. The Balaban J connectivity index is 1.92. The van der Waals surface area contributed by atoms with Crippen LogP contribution < -0.4 is 5.32 Å². The Labute approximate surface area is 121 Å². The first-order valence-electron chi connectivity index (χ1n) is 6.15. The van der Waals surface area contributed by atoms with Gasteiger partial charge in [0.1, 0.15) is 11.5 Å². The number of amidine groups is 1. The topological polar surface area (TPSA) is 41.5 Å². The number of hydrogen-bond acceptors (Lipinski definition) is 2. The van der Waals surface area contributed by atoms with Crippen molar-refractivity contribution in [3.8, 4) is 0 Å². The van der Waals surface area contributed by atoms with Crippen LogP contribution >= 0.6 is 11.6 Å². The molecule has 0 saturated carbocycles. The maximum absolute atomic E-state index is 11.9. The molecule has 1 heterocycles. The van der Waals surface area contributed by atoms with Crippen molar-refractivity contribution >= 4 is 29.4 Å². The van der Waals surface area contributed by atoms with E-state index in [1.54, 1.807) is 18.2 Å². The third-order valence-electron chi connectivity index (χ3n) is 2.92. The Morgan fingerprint density at radius 3 is 2.40 bits per heavy atom. The molecule has 1 aliphatic heterocycles. The van der Waals surface area contributed by atoms with Gasteiger partial charge in [-0.1, -0.05) is 54.1 Å². The number of rotatable bonds is 2. The Morgan fingerprint density at radius 2 is 1.70 bits per heavy atom. The van der Waals surface area contributed by atoms with E-state index in [1.807, 2.05) is 42.5 Å². The lowest BCUT2D eigenvalue weighted by molar-refractivity contribution is -0.115. The van der Waals surface area contributed by atoms with Gasteiger partial charge < -0.3 is 5.32 Å². The summed E-state index contributed by atoms with van der Waals surface area (Å²) < 4.78 is 0. The lowest BCUT2D eigenvalue weighted by atomic mass is 10.2. The van der Waals surface area contributed by atoms with Gasteiger partial charge in [0.2, 0.25) is 0 Å². The molecule has 3 nitrogen and oxygen atoms in total. The summed E-state index contributed by atoms with van der Waals surface area (Å²) in [4.78, 5) is 16.3. The number of nitrogens with one attached hydrogen (secondary N) is 1. The quantitative estimate of drug-likeness (QED) is 0.844. The zero-order valence-electron chi connectivity index (χ0n) is 10.5. The van der Waals surface area contributed by atoms with Gasteiger partial charge >= 0.3 is 0 Å². The molecule has 20 heavy (non-hydrogen) atoms. The van der Waals surface area contributed by atoms with E-state index in [1.165, 1.54) is 0 Å². The summed E-state index contributed by atoms with van der Waals surface area (Å²) in [5.74, 6) is 0.384. The Bertz CT molecular complexity index is 703. The standard InChI is InChI=1S/C16H11ClN2O/c17-13-8-6-11(7-9-13)10-14-16(20)19-15(18-14)12-4-2-1-3-5-12/h1-10H,(H,18,19,20)/b14-10+. The van der Waals surface area contributed by atoms with Gasteiger partial charge in [-0.25, -0.2) is 4.99 Å². The molecule has 1 amide bonds. The molecular weight excluding hydrogens is 272 g/mol. The number of aliphatic imine (C=N–C) groups is 1. The highest BCUT2D eigenvalue weighted by molar-refractivity contribution is 6.30. The highest BCUT2D eigenvalue weighted by atomic mass is 35.5. The number of hydrogen-bond donors (Lipinski definition) is 1. The number of halogens is 1. The summed E-state index contributed by atoms with van der Waals surface area (Å²) in [6, 6.07) is 16.8. The molecule has 1 aliphatic rings. The minimum atomic E-state index is -0.196. The lowest BCUT2D eigenvalue weighted by Gasteiger charge is -1.98. The number of carbonyl (C=O) groups is 1. The Hall–Kier alpha value is -2.39. The molecule has 98 valence electrons. The van der Waals surface area contributed by atoms with Gasteiger partial charge in [0, 0.05) is 10.6 Å². The minimum absolute atomic E-state index is 0.196. The van der Waals surface area contributed by atoms with Gasteiger partial charge in [0.05, 0.1) is 0 Å². The lowest BCUT2D eigenvalue weighted by Crippen LogP contribution is -2.24. The van der Waals surface area contributed by atoms with Crippen LogP contribution in [-0.2, 0) is 4.79 Å². The fraction of sp³-hybridized carbons (Fsp3) is 0. The predicted molar refractivity (Wildman–Crippen MR) is 80.6 cm³/mol. The molecule has 0 saturated heterocycles. The van der Waals surface area contributed by atoms with Gasteiger partial charge in [0.25, 0.3) is 5.91 Å². The largest absolute Gasteiger partial charge is 0.305 e. The summed E-state index contributed by atoms with van der Waals surface area (Å²) >= 11 is 5.83. The van der Waals surface area contributed by atoms with Crippen LogP contribution in [-0.4, -0.2) is 11.7 Å². The fourth-order valence-corrected chi connectivity index (χ4v) is 2.04. The van der Waals surface area contributed by atoms with Gasteiger partial charge in [-0.2, -0.15) is 0 Å². The second-order valence-corrected chi connectivity index (χ2v) is 4.80. The van der Waals surface area contributed by atoms with Crippen molar-refractivity contribution in [1.82, 2.24) is 5.32 Å². The normalized spacial score (nSPS) is 16.1. The van der Waals surface area contributed by atoms with Crippen LogP contribution in [0, 0.1) is 0 Å². The zero-order chi connectivity index (χ0) is 13.9. The summed E-state index contributed by atoms with van der Waals surface area (Å²) in [5, 5.41) is 3.43. The number of amides is 1. The van der Waals surface area contributed by atoms with Crippen LogP contribution in [0.3, 0.4) is 0 Å². The van der Waals surface area contributed by atoms with Crippen LogP contribution in [0.15, 0.2) is 65.3 Å². The molecule has 0 radical (unpaired) electrons. The van der Waals surface area contributed by atoms with Gasteiger partial charge in [-0.15, -0.1) is 0 Å².